The van der Waals surface area contributed by atoms with E-state index >= 15 is 0 Å². The van der Waals surface area contributed by atoms with Crippen LogP contribution in [0.25, 0.3) is 11.0 Å². The van der Waals surface area contributed by atoms with Gasteiger partial charge in [-0.25, -0.2) is 4.98 Å². The summed E-state index contributed by atoms with van der Waals surface area (Å²) in [7, 11) is 0. The second kappa shape index (κ2) is 5.03. The summed E-state index contributed by atoms with van der Waals surface area (Å²) in [6.07, 6.45) is 1.80. The lowest BCUT2D eigenvalue weighted by Gasteiger charge is -2.22. The van der Waals surface area contributed by atoms with Gasteiger partial charge in [0.25, 0.3) is 0 Å². The Morgan fingerprint density at radius 3 is 2.82 bits per heavy atom. The predicted octanol–water partition coefficient (Wildman–Crippen LogP) is 1.63. The number of hydrogen-bond acceptors (Lipinski definition) is 7. The summed E-state index contributed by atoms with van der Waals surface area (Å²) >= 11 is 0. The third-order valence-electron chi connectivity index (χ3n) is 3.84. The molecule has 1 aliphatic heterocycles. The van der Waals surface area contributed by atoms with Crippen LogP contribution in [-0.4, -0.2) is 37.9 Å². The van der Waals surface area contributed by atoms with Crippen molar-refractivity contribution in [2.45, 2.75) is 25.5 Å². The van der Waals surface area contributed by atoms with Crippen molar-refractivity contribution in [1.29, 1.82) is 0 Å². The summed E-state index contributed by atoms with van der Waals surface area (Å²) in [5.41, 5.74) is 1.66. The van der Waals surface area contributed by atoms with E-state index in [1.54, 1.807) is 13.1 Å². The van der Waals surface area contributed by atoms with E-state index in [0.717, 1.165) is 11.0 Å². The Balaban J connectivity index is 1.74. The lowest BCUT2D eigenvalue weighted by molar-refractivity contribution is 0.191. The summed E-state index contributed by atoms with van der Waals surface area (Å²) in [6, 6.07) is 7.53. The van der Waals surface area contributed by atoms with Crippen molar-refractivity contribution in [1.82, 2.24) is 20.1 Å². The molecule has 0 unspecified atom stereocenters. The van der Waals surface area contributed by atoms with Gasteiger partial charge in [0, 0.05) is 13.0 Å². The molecule has 2 atom stereocenters. The van der Waals surface area contributed by atoms with Crippen LogP contribution in [0, 0.1) is 6.92 Å². The van der Waals surface area contributed by atoms with Crippen LogP contribution < -0.4 is 4.90 Å². The molecule has 0 aliphatic carbocycles. The number of anilines is 1. The van der Waals surface area contributed by atoms with Crippen LogP contribution in [0.1, 0.15) is 24.2 Å². The van der Waals surface area contributed by atoms with Crippen molar-refractivity contribution in [2.24, 2.45) is 0 Å². The molecular weight excluding hydrogens is 282 g/mol. The number of aliphatic hydroxyl groups is 1. The standard InChI is InChI=1S/C15H15N5O2/c1-9-17-15(22-19-9)13-6-10(21)8-20(13)14-7-16-11-4-2-3-5-12(11)18-14/h2-5,7,10,13,21H,6,8H2,1H3/t10-,13+/m0/s1. The molecule has 0 amide bonds. The molecule has 112 valence electrons. The molecule has 1 aromatic carbocycles. The quantitative estimate of drug-likeness (QED) is 0.769. The molecule has 2 aromatic heterocycles. The first-order valence-electron chi connectivity index (χ1n) is 7.17. The molecule has 1 N–H and O–H groups in total. The zero-order valence-electron chi connectivity index (χ0n) is 12.0. The van der Waals surface area contributed by atoms with Crippen LogP contribution in [0.2, 0.25) is 0 Å². The van der Waals surface area contributed by atoms with E-state index in [-0.39, 0.29) is 6.04 Å². The van der Waals surface area contributed by atoms with Gasteiger partial charge in [0.15, 0.2) is 5.82 Å². The van der Waals surface area contributed by atoms with Gasteiger partial charge in [-0.05, 0) is 19.1 Å². The highest BCUT2D eigenvalue weighted by atomic mass is 16.5. The van der Waals surface area contributed by atoms with Gasteiger partial charge in [-0.1, -0.05) is 17.3 Å². The molecule has 0 radical (unpaired) electrons. The Hall–Kier alpha value is -2.54. The van der Waals surface area contributed by atoms with Crippen molar-refractivity contribution < 1.29 is 9.63 Å². The van der Waals surface area contributed by atoms with E-state index in [1.807, 2.05) is 29.2 Å². The van der Waals surface area contributed by atoms with Crippen LogP contribution in [0.3, 0.4) is 0 Å². The zero-order valence-corrected chi connectivity index (χ0v) is 12.0. The van der Waals surface area contributed by atoms with Crippen LogP contribution >= 0.6 is 0 Å². The largest absolute Gasteiger partial charge is 0.391 e. The number of β-amino-alcohol motifs (C(OH)–C–C–N with tert-alkyl or cyclic N) is 1. The smallest absolute Gasteiger partial charge is 0.249 e. The van der Waals surface area contributed by atoms with Crippen molar-refractivity contribution in [3.8, 4) is 0 Å². The first kappa shape index (κ1) is 13.1. The van der Waals surface area contributed by atoms with Crippen LogP contribution in [0.15, 0.2) is 35.0 Å². The van der Waals surface area contributed by atoms with Crippen molar-refractivity contribution >= 4 is 16.9 Å². The van der Waals surface area contributed by atoms with Crippen molar-refractivity contribution in [3.63, 3.8) is 0 Å². The SMILES string of the molecule is Cc1noc([C@H]2C[C@H](O)CN2c2cnc3ccccc3n2)n1. The Bertz CT molecular complexity index is 818. The topological polar surface area (TPSA) is 88.2 Å². The normalized spacial score (nSPS) is 21.6. The minimum absolute atomic E-state index is 0.174. The minimum Gasteiger partial charge on any atom is -0.391 e. The zero-order chi connectivity index (χ0) is 15.1. The van der Waals surface area contributed by atoms with Crippen LogP contribution in [-0.2, 0) is 0 Å². The Kier molecular flexibility index (Phi) is 3.00. The van der Waals surface area contributed by atoms with Gasteiger partial charge in [-0.15, -0.1) is 0 Å². The number of aryl methyl sites for hydroxylation is 1. The summed E-state index contributed by atoms with van der Waals surface area (Å²) in [5, 5.41) is 13.9. The molecule has 1 fully saturated rings. The van der Waals surface area contributed by atoms with Gasteiger partial charge in [0.2, 0.25) is 5.89 Å². The van der Waals surface area contributed by atoms with E-state index < -0.39 is 6.10 Å². The monoisotopic (exact) mass is 297 g/mol. The van der Waals surface area contributed by atoms with Crippen molar-refractivity contribution in [3.05, 3.63) is 42.2 Å². The number of benzene rings is 1. The Morgan fingerprint density at radius 2 is 2.05 bits per heavy atom. The van der Waals surface area contributed by atoms with Crippen molar-refractivity contribution in [2.75, 3.05) is 11.4 Å². The van der Waals surface area contributed by atoms with Crippen LogP contribution in [0.4, 0.5) is 5.82 Å². The fourth-order valence-electron chi connectivity index (χ4n) is 2.84. The van der Waals surface area contributed by atoms with E-state index in [9.17, 15) is 5.11 Å². The summed E-state index contributed by atoms with van der Waals surface area (Å²) in [4.78, 5) is 15.3. The highest BCUT2D eigenvalue weighted by molar-refractivity contribution is 5.75. The summed E-state index contributed by atoms with van der Waals surface area (Å²) in [5.74, 6) is 1.79. The second-order valence-corrected chi connectivity index (χ2v) is 5.45. The highest BCUT2D eigenvalue weighted by Crippen LogP contribution is 2.34. The van der Waals surface area contributed by atoms with E-state index in [4.69, 9.17) is 4.52 Å². The minimum atomic E-state index is -0.453. The molecule has 7 nitrogen and oxygen atoms in total. The fourth-order valence-corrected chi connectivity index (χ4v) is 2.84. The molecule has 7 heteroatoms. The number of fused-ring (bicyclic) bond motifs is 1. The molecule has 1 aliphatic rings. The van der Waals surface area contributed by atoms with E-state index in [1.165, 1.54) is 0 Å². The Labute approximate surface area is 126 Å². The van der Waals surface area contributed by atoms with Gasteiger partial charge in [0.1, 0.15) is 11.9 Å². The average molecular weight is 297 g/mol. The van der Waals surface area contributed by atoms with E-state index in [0.29, 0.717) is 30.5 Å². The van der Waals surface area contributed by atoms with Gasteiger partial charge in [-0.3, -0.25) is 4.98 Å². The molecule has 3 aromatic rings. The summed E-state index contributed by atoms with van der Waals surface area (Å²) < 4.78 is 5.27. The molecule has 4 rings (SSSR count). The third kappa shape index (κ3) is 2.19. The molecule has 3 heterocycles. The van der Waals surface area contributed by atoms with Gasteiger partial charge in [-0.2, -0.15) is 4.98 Å². The number of nitrogens with zero attached hydrogens (tertiary/aromatic N) is 5. The molecule has 1 saturated heterocycles. The average Bonchev–Trinajstić information content (AvgIpc) is 3.12. The lowest BCUT2D eigenvalue weighted by Crippen LogP contribution is -2.25. The number of rotatable bonds is 2. The molecule has 0 spiro atoms. The number of hydrogen-bond donors (Lipinski definition) is 1. The third-order valence-corrected chi connectivity index (χ3v) is 3.84. The molecular formula is C15H15N5O2. The maximum atomic E-state index is 10.0. The number of para-hydroxylation sites is 2. The highest BCUT2D eigenvalue weighted by Gasteiger charge is 2.36. The first-order chi connectivity index (χ1) is 10.7. The predicted molar refractivity (Wildman–Crippen MR) is 79.3 cm³/mol. The molecule has 0 saturated carbocycles. The van der Waals surface area contributed by atoms with Gasteiger partial charge < -0.3 is 14.5 Å². The fraction of sp³-hybridized carbons (Fsp3) is 0.333. The molecule has 0 bridgehead atoms. The lowest BCUT2D eigenvalue weighted by atomic mass is 10.2. The van der Waals surface area contributed by atoms with Gasteiger partial charge >= 0.3 is 0 Å². The first-order valence-corrected chi connectivity index (χ1v) is 7.17. The van der Waals surface area contributed by atoms with Gasteiger partial charge in [0.05, 0.1) is 23.3 Å². The maximum absolute atomic E-state index is 10.0. The number of aromatic nitrogens is 4. The van der Waals surface area contributed by atoms with Crippen LogP contribution in [0.5, 0.6) is 0 Å². The molecule has 22 heavy (non-hydrogen) atoms. The number of aliphatic hydroxyl groups excluding tert-OH is 1. The Morgan fingerprint density at radius 1 is 1.23 bits per heavy atom. The maximum Gasteiger partial charge on any atom is 0.249 e. The second-order valence-electron chi connectivity index (χ2n) is 5.45. The van der Waals surface area contributed by atoms with E-state index in [2.05, 4.69) is 20.1 Å². The summed E-state index contributed by atoms with van der Waals surface area (Å²) in [6.45, 7) is 2.25.